The number of hydrogen-bond donors (Lipinski definition) is 0. The molecule has 2 aliphatic rings. The summed E-state index contributed by atoms with van der Waals surface area (Å²) in [6.45, 7) is 4.81. The van der Waals surface area contributed by atoms with E-state index in [9.17, 15) is 9.59 Å². The van der Waals surface area contributed by atoms with E-state index in [1.54, 1.807) is 16.2 Å². The molecule has 1 aromatic carbocycles. The predicted octanol–water partition coefficient (Wildman–Crippen LogP) is 3.46. The molecule has 148 valence electrons. The first kappa shape index (κ1) is 19.6. The van der Waals surface area contributed by atoms with Crippen molar-refractivity contribution >= 4 is 39.1 Å². The third-order valence-electron chi connectivity index (χ3n) is 5.51. The summed E-state index contributed by atoms with van der Waals surface area (Å²) in [5.74, 6) is 0.0821. The van der Waals surface area contributed by atoms with Crippen LogP contribution in [0.15, 0.2) is 46.3 Å². The minimum atomic E-state index is -0.312. The molecular formula is C21H24BrN3O2S. The second kappa shape index (κ2) is 8.76. The van der Waals surface area contributed by atoms with Crippen LogP contribution in [0.3, 0.4) is 0 Å². The van der Waals surface area contributed by atoms with E-state index in [0.717, 1.165) is 49.4 Å². The monoisotopic (exact) mass is 461 g/mol. The molecule has 0 bridgehead atoms. The third kappa shape index (κ3) is 4.31. The topological polar surface area (TPSA) is 43.9 Å². The lowest BCUT2D eigenvalue weighted by Gasteiger charge is -2.37. The lowest BCUT2D eigenvalue weighted by Crippen LogP contribution is -2.54. The van der Waals surface area contributed by atoms with Gasteiger partial charge in [-0.15, -0.1) is 11.3 Å². The number of hydrogen-bond acceptors (Lipinski definition) is 4. The summed E-state index contributed by atoms with van der Waals surface area (Å²) in [4.78, 5) is 33.4. The maximum absolute atomic E-state index is 13.1. The smallest absolute Gasteiger partial charge is 0.254 e. The summed E-state index contributed by atoms with van der Waals surface area (Å²) in [7, 11) is 0. The summed E-state index contributed by atoms with van der Waals surface area (Å²) >= 11 is 5.27. The summed E-state index contributed by atoms with van der Waals surface area (Å²) in [6, 6.07) is 13.2. The Morgan fingerprint density at radius 2 is 1.75 bits per heavy atom. The van der Waals surface area contributed by atoms with Gasteiger partial charge in [-0.25, -0.2) is 0 Å². The van der Waals surface area contributed by atoms with Crippen molar-refractivity contribution in [1.29, 1.82) is 0 Å². The van der Waals surface area contributed by atoms with Crippen LogP contribution in [0.4, 0.5) is 0 Å². The Bertz CT molecular complexity index is 833. The summed E-state index contributed by atoms with van der Waals surface area (Å²) < 4.78 is 1.15. The van der Waals surface area contributed by atoms with Gasteiger partial charge in [0.2, 0.25) is 5.91 Å². The number of amides is 2. The Balaban J connectivity index is 1.34. The van der Waals surface area contributed by atoms with E-state index >= 15 is 0 Å². The molecule has 28 heavy (non-hydrogen) atoms. The van der Waals surface area contributed by atoms with Gasteiger partial charge >= 0.3 is 0 Å². The fourth-order valence-corrected chi connectivity index (χ4v) is 5.53. The zero-order valence-electron chi connectivity index (χ0n) is 15.7. The predicted molar refractivity (Wildman–Crippen MR) is 114 cm³/mol. The van der Waals surface area contributed by atoms with Crippen LogP contribution in [0.5, 0.6) is 0 Å². The molecule has 7 heteroatoms. The Hall–Kier alpha value is -1.70. The standard InChI is InChI=1S/C21H24BrN3O2S/c22-19-9-8-17(28-19)15-23-11-13-24(14-12-23)21(27)18-7-4-10-25(18)20(26)16-5-2-1-3-6-16/h1-3,5-6,8-9,18H,4,7,10-15H2. The van der Waals surface area contributed by atoms with Crippen molar-refractivity contribution in [3.05, 3.63) is 56.7 Å². The molecule has 1 atom stereocenters. The quantitative estimate of drug-likeness (QED) is 0.699. The Morgan fingerprint density at radius 3 is 2.43 bits per heavy atom. The molecule has 0 N–H and O–H groups in total. The molecule has 2 fully saturated rings. The van der Waals surface area contributed by atoms with Crippen LogP contribution >= 0.6 is 27.3 Å². The van der Waals surface area contributed by atoms with Crippen LogP contribution in [0.2, 0.25) is 0 Å². The minimum absolute atomic E-state index is 0.0293. The largest absolute Gasteiger partial charge is 0.338 e. The molecule has 1 unspecified atom stereocenters. The van der Waals surface area contributed by atoms with Crippen molar-refractivity contribution in [2.45, 2.75) is 25.4 Å². The molecule has 1 aromatic heterocycles. The molecule has 0 aliphatic carbocycles. The summed E-state index contributed by atoms with van der Waals surface area (Å²) in [5, 5.41) is 0. The fourth-order valence-electron chi connectivity index (χ4n) is 4.01. The van der Waals surface area contributed by atoms with Gasteiger partial charge in [0.05, 0.1) is 3.79 Å². The van der Waals surface area contributed by atoms with Crippen molar-refractivity contribution in [3.8, 4) is 0 Å². The van der Waals surface area contributed by atoms with Gasteiger partial charge in [0, 0.05) is 49.7 Å². The van der Waals surface area contributed by atoms with Gasteiger partial charge in [0.15, 0.2) is 0 Å². The minimum Gasteiger partial charge on any atom is -0.338 e. The molecule has 2 aliphatic heterocycles. The van der Waals surface area contributed by atoms with Crippen molar-refractivity contribution in [2.75, 3.05) is 32.7 Å². The zero-order valence-corrected chi connectivity index (χ0v) is 18.1. The molecule has 0 saturated carbocycles. The molecule has 3 heterocycles. The molecule has 5 nitrogen and oxygen atoms in total. The van der Waals surface area contributed by atoms with Gasteiger partial charge in [-0.3, -0.25) is 14.5 Å². The molecular weight excluding hydrogens is 438 g/mol. The lowest BCUT2D eigenvalue weighted by molar-refractivity contribution is -0.137. The van der Waals surface area contributed by atoms with Gasteiger partial charge in [-0.1, -0.05) is 18.2 Å². The number of piperazine rings is 1. The van der Waals surface area contributed by atoms with Gasteiger partial charge in [0.25, 0.3) is 5.91 Å². The number of halogens is 1. The van der Waals surface area contributed by atoms with E-state index in [1.165, 1.54) is 4.88 Å². The zero-order chi connectivity index (χ0) is 19.5. The van der Waals surface area contributed by atoms with Crippen LogP contribution in [-0.2, 0) is 11.3 Å². The first-order chi connectivity index (χ1) is 13.6. The number of carbonyl (C=O) groups excluding carboxylic acids is 2. The highest BCUT2D eigenvalue weighted by molar-refractivity contribution is 9.11. The van der Waals surface area contributed by atoms with E-state index in [1.807, 2.05) is 35.2 Å². The number of carbonyl (C=O) groups is 2. The van der Waals surface area contributed by atoms with Gasteiger partial charge in [-0.2, -0.15) is 0 Å². The number of thiophene rings is 1. The van der Waals surface area contributed by atoms with E-state index < -0.39 is 0 Å². The van der Waals surface area contributed by atoms with Crippen molar-refractivity contribution in [3.63, 3.8) is 0 Å². The number of likely N-dealkylation sites (tertiary alicyclic amines) is 1. The second-order valence-corrected chi connectivity index (χ2v) is 9.88. The average molecular weight is 462 g/mol. The molecule has 2 amide bonds. The highest BCUT2D eigenvalue weighted by atomic mass is 79.9. The lowest BCUT2D eigenvalue weighted by atomic mass is 10.1. The second-order valence-electron chi connectivity index (χ2n) is 7.33. The van der Waals surface area contributed by atoms with E-state index in [-0.39, 0.29) is 17.9 Å². The van der Waals surface area contributed by atoms with Crippen LogP contribution in [0.1, 0.15) is 28.1 Å². The van der Waals surface area contributed by atoms with Crippen molar-refractivity contribution in [2.24, 2.45) is 0 Å². The average Bonchev–Trinajstić information content (AvgIpc) is 3.37. The fraction of sp³-hybridized carbons (Fsp3) is 0.429. The Kier molecular flexibility index (Phi) is 6.13. The Morgan fingerprint density at radius 1 is 1.00 bits per heavy atom. The first-order valence-electron chi connectivity index (χ1n) is 9.73. The molecule has 0 radical (unpaired) electrons. The summed E-state index contributed by atoms with van der Waals surface area (Å²) in [5.41, 5.74) is 0.661. The van der Waals surface area contributed by atoms with Crippen molar-refractivity contribution < 1.29 is 9.59 Å². The van der Waals surface area contributed by atoms with E-state index in [2.05, 4.69) is 33.0 Å². The highest BCUT2D eigenvalue weighted by Gasteiger charge is 2.37. The maximum atomic E-state index is 13.1. The first-order valence-corrected chi connectivity index (χ1v) is 11.3. The van der Waals surface area contributed by atoms with E-state index in [0.29, 0.717) is 12.1 Å². The Labute approximate surface area is 178 Å². The number of rotatable bonds is 4. The van der Waals surface area contributed by atoms with Crippen LogP contribution in [-0.4, -0.2) is 65.3 Å². The van der Waals surface area contributed by atoms with Crippen LogP contribution < -0.4 is 0 Å². The van der Waals surface area contributed by atoms with Gasteiger partial charge < -0.3 is 9.80 Å². The van der Waals surface area contributed by atoms with E-state index in [4.69, 9.17) is 0 Å². The number of nitrogens with zero attached hydrogens (tertiary/aromatic N) is 3. The maximum Gasteiger partial charge on any atom is 0.254 e. The SMILES string of the molecule is O=C(C1CCCN1C(=O)c1ccccc1)N1CCN(Cc2ccc(Br)s2)CC1. The van der Waals surface area contributed by atoms with Gasteiger partial charge in [-0.05, 0) is 53.0 Å². The molecule has 0 spiro atoms. The molecule has 2 aromatic rings. The highest BCUT2D eigenvalue weighted by Crippen LogP contribution is 2.25. The number of benzene rings is 1. The summed E-state index contributed by atoms with van der Waals surface area (Å²) in [6.07, 6.45) is 1.66. The van der Waals surface area contributed by atoms with Crippen LogP contribution in [0, 0.1) is 0 Å². The molecule has 4 rings (SSSR count). The van der Waals surface area contributed by atoms with Crippen LogP contribution in [0.25, 0.3) is 0 Å². The van der Waals surface area contributed by atoms with Gasteiger partial charge in [0.1, 0.15) is 6.04 Å². The van der Waals surface area contributed by atoms with Crippen molar-refractivity contribution in [1.82, 2.24) is 14.7 Å². The third-order valence-corrected chi connectivity index (χ3v) is 7.12. The normalized spacial score (nSPS) is 20.5. The molecule has 2 saturated heterocycles.